The maximum absolute atomic E-state index is 12.7. The van der Waals surface area contributed by atoms with Gasteiger partial charge in [0.05, 0.1) is 17.0 Å². The molecule has 0 unspecified atom stereocenters. The third kappa shape index (κ3) is 2.10. The minimum absolute atomic E-state index is 0.0465. The fourth-order valence-electron chi connectivity index (χ4n) is 6.38. The number of fused-ring (bicyclic) bond motifs is 5. The van der Waals surface area contributed by atoms with E-state index in [1.165, 1.54) is 5.57 Å². The molecule has 8 atom stereocenters. The summed E-state index contributed by atoms with van der Waals surface area (Å²) in [6, 6.07) is 0. The number of carbonyl (C=O) groups excluding carboxylic acids is 1. The first-order valence-electron chi connectivity index (χ1n) is 9.03. The number of ketones is 1. The number of halogens is 1. The van der Waals surface area contributed by atoms with Crippen LogP contribution >= 0.6 is 15.9 Å². The first-order chi connectivity index (χ1) is 10.8. The van der Waals surface area contributed by atoms with Crippen LogP contribution in [0.5, 0.6) is 0 Å². The van der Waals surface area contributed by atoms with Crippen LogP contribution in [-0.4, -0.2) is 33.0 Å². The van der Waals surface area contributed by atoms with Crippen LogP contribution in [0.1, 0.15) is 52.4 Å². The van der Waals surface area contributed by atoms with E-state index >= 15 is 0 Å². The average Bonchev–Trinajstić information content (AvgIpc) is 2.73. The van der Waals surface area contributed by atoms with Gasteiger partial charge in [0.1, 0.15) is 0 Å². The molecular weight excluding hydrogens is 356 g/mol. The van der Waals surface area contributed by atoms with Crippen molar-refractivity contribution < 1.29 is 15.0 Å². The molecule has 3 saturated carbocycles. The molecule has 0 aromatic rings. The molecule has 0 aromatic carbocycles. The number of aliphatic hydroxyl groups is 2. The fraction of sp³-hybridized carbons (Fsp3) is 0.842. The van der Waals surface area contributed by atoms with Gasteiger partial charge in [-0.3, -0.25) is 4.79 Å². The Bertz CT molecular complexity index is 573. The summed E-state index contributed by atoms with van der Waals surface area (Å²) in [5, 5.41) is 20.9. The second-order valence-electron chi connectivity index (χ2n) is 8.81. The van der Waals surface area contributed by atoms with Crippen LogP contribution in [0.2, 0.25) is 0 Å². The summed E-state index contributed by atoms with van der Waals surface area (Å²) in [6.45, 7) is 4.45. The Hall–Kier alpha value is -0.190. The van der Waals surface area contributed by atoms with Gasteiger partial charge < -0.3 is 10.2 Å². The normalized spacial score (nSPS) is 55.7. The molecule has 4 rings (SSSR count). The van der Waals surface area contributed by atoms with Crippen LogP contribution in [-0.2, 0) is 4.79 Å². The number of alkyl halides is 1. The summed E-state index contributed by atoms with van der Waals surface area (Å²) in [5.41, 5.74) is 1.08. The SMILES string of the molecule is C[C@]12CC[C@H](O)CC1=C[C@H](O)[C@@H]1[C@@H]2CC[C@]2(C)C(=O)[C@H](Br)C[C@@H]12. The van der Waals surface area contributed by atoms with E-state index in [0.717, 1.165) is 32.1 Å². The largest absolute Gasteiger partial charge is 0.393 e. The van der Waals surface area contributed by atoms with Gasteiger partial charge in [-0.25, -0.2) is 0 Å². The summed E-state index contributed by atoms with van der Waals surface area (Å²) in [5.74, 6) is 1.24. The molecule has 3 nitrogen and oxygen atoms in total. The van der Waals surface area contributed by atoms with E-state index in [1.807, 2.05) is 6.08 Å². The zero-order valence-corrected chi connectivity index (χ0v) is 15.6. The Labute approximate surface area is 146 Å². The zero-order valence-electron chi connectivity index (χ0n) is 14.0. The van der Waals surface area contributed by atoms with Gasteiger partial charge in [-0.2, -0.15) is 0 Å². The highest BCUT2D eigenvalue weighted by molar-refractivity contribution is 9.10. The van der Waals surface area contributed by atoms with Gasteiger partial charge in [0.25, 0.3) is 0 Å². The van der Waals surface area contributed by atoms with Crippen LogP contribution < -0.4 is 0 Å². The van der Waals surface area contributed by atoms with Gasteiger partial charge in [0.15, 0.2) is 5.78 Å². The van der Waals surface area contributed by atoms with Gasteiger partial charge in [0, 0.05) is 5.41 Å². The van der Waals surface area contributed by atoms with Crippen molar-refractivity contribution >= 4 is 21.7 Å². The molecule has 0 saturated heterocycles. The van der Waals surface area contributed by atoms with E-state index in [4.69, 9.17) is 0 Å². The van der Waals surface area contributed by atoms with Crippen LogP contribution in [0, 0.1) is 28.6 Å². The van der Waals surface area contributed by atoms with Gasteiger partial charge in [0.2, 0.25) is 0 Å². The number of carbonyl (C=O) groups is 1. The third-order valence-electron chi connectivity index (χ3n) is 7.80. The summed E-state index contributed by atoms with van der Waals surface area (Å²) in [6.07, 6.45) is 6.69. The lowest BCUT2D eigenvalue weighted by Crippen LogP contribution is -2.54. The van der Waals surface area contributed by atoms with Gasteiger partial charge >= 0.3 is 0 Å². The second-order valence-corrected chi connectivity index (χ2v) is 9.92. The van der Waals surface area contributed by atoms with Gasteiger partial charge in [-0.05, 0) is 61.7 Å². The highest BCUT2D eigenvalue weighted by Crippen LogP contribution is 2.64. The van der Waals surface area contributed by atoms with E-state index in [-0.39, 0.29) is 33.6 Å². The van der Waals surface area contributed by atoms with E-state index in [0.29, 0.717) is 18.1 Å². The molecule has 0 aliphatic heterocycles. The zero-order chi connectivity index (χ0) is 16.6. The van der Waals surface area contributed by atoms with Gasteiger partial charge in [-0.1, -0.05) is 41.4 Å². The van der Waals surface area contributed by atoms with E-state index < -0.39 is 6.10 Å². The second kappa shape index (κ2) is 5.15. The van der Waals surface area contributed by atoms with E-state index in [9.17, 15) is 15.0 Å². The molecule has 0 heterocycles. The molecule has 4 aliphatic rings. The average molecular weight is 383 g/mol. The molecule has 0 bridgehead atoms. The standard InChI is InChI=1S/C19H27BrO3/c1-18-5-3-11(21)7-10(18)8-15(22)16-12(18)4-6-19(2)13(16)9-14(20)17(19)23/h8,11-16,21-22H,3-7,9H2,1-2H3/t11-,12-,13-,14+,15-,16+,18-,19-/m0/s1. The van der Waals surface area contributed by atoms with Crippen LogP contribution in [0.25, 0.3) is 0 Å². The Morgan fingerprint density at radius 1 is 1.13 bits per heavy atom. The molecule has 23 heavy (non-hydrogen) atoms. The molecule has 4 aliphatic carbocycles. The lowest BCUT2D eigenvalue weighted by molar-refractivity contribution is -0.135. The van der Waals surface area contributed by atoms with Crippen LogP contribution in [0.4, 0.5) is 0 Å². The first-order valence-corrected chi connectivity index (χ1v) is 9.94. The molecule has 0 radical (unpaired) electrons. The van der Waals surface area contributed by atoms with E-state index in [1.54, 1.807) is 0 Å². The van der Waals surface area contributed by atoms with E-state index in [2.05, 4.69) is 29.8 Å². The summed E-state index contributed by atoms with van der Waals surface area (Å²) in [4.78, 5) is 12.6. The Morgan fingerprint density at radius 3 is 2.57 bits per heavy atom. The smallest absolute Gasteiger partial charge is 0.152 e. The van der Waals surface area contributed by atoms with Crippen molar-refractivity contribution in [2.45, 2.75) is 69.4 Å². The van der Waals surface area contributed by atoms with Crippen molar-refractivity contribution in [1.29, 1.82) is 0 Å². The van der Waals surface area contributed by atoms with Crippen molar-refractivity contribution in [1.82, 2.24) is 0 Å². The van der Waals surface area contributed by atoms with Gasteiger partial charge in [-0.15, -0.1) is 0 Å². The van der Waals surface area contributed by atoms with Crippen molar-refractivity contribution in [3.63, 3.8) is 0 Å². The number of Topliss-reactive ketones (excluding diaryl/α,β-unsaturated/α-hetero) is 1. The molecule has 2 N–H and O–H groups in total. The summed E-state index contributed by atoms with van der Waals surface area (Å²) in [7, 11) is 0. The Kier molecular flexibility index (Phi) is 3.65. The lowest BCUT2D eigenvalue weighted by Gasteiger charge is -2.57. The summed E-state index contributed by atoms with van der Waals surface area (Å²) >= 11 is 3.58. The molecule has 0 aromatic heterocycles. The fourth-order valence-corrected chi connectivity index (χ4v) is 7.31. The molecular formula is C19H27BrO3. The van der Waals surface area contributed by atoms with Crippen molar-refractivity contribution in [3.8, 4) is 0 Å². The van der Waals surface area contributed by atoms with Crippen molar-refractivity contribution in [2.24, 2.45) is 28.6 Å². The predicted molar refractivity (Wildman–Crippen MR) is 92.2 cm³/mol. The van der Waals surface area contributed by atoms with Crippen LogP contribution in [0.3, 0.4) is 0 Å². The molecule has 4 heteroatoms. The Morgan fingerprint density at radius 2 is 1.83 bits per heavy atom. The number of hydrogen-bond acceptors (Lipinski definition) is 3. The molecule has 128 valence electrons. The molecule has 0 amide bonds. The number of aliphatic hydroxyl groups excluding tert-OH is 2. The maximum atomic E-state index is 12.7. The maximum Gasteiger partial charge on any atom is 0.152 e. The van der Waals surface area contributed by atoms with Crippen LogP contribution in [0.15, 0.2) is 11.6 Å². The minimum Gasteiger partial charge on any atom is -0.393 e. The quantitative estimate of drug-likeness (QED) is 0.499. The Balaban J connectivity index is 1.75. The molecule has 0 spiro atoms. The third-order valence-corrected chi connectivity index (χ3v) is 8.59. The topological polar surface area (TPSA) is 57.5 Å². The lowest BCUT2D eigenvalue weighted by atomic mass is 9.47. The highest BCUT2D eigenvalue weighted by Gasteiger charge is 2.62. The highest BCUT2D eigenvalue weighted by atomic mass is 79.9. The van der Waals surface area contributed by atoms with Crippen molar-refractivity contribution in [2.75, 3.05) is 0 Å². The van der Waals surface area contributed by atoms with Crippen molar-refractivity contribution in [3.05, 3.63) is 11.6 Å². The number of rotatable bonds is 0. The number of hydrogen-bond donors (Lipinski definition) is 2. The minimum atomic E-state index is -0.469. The molecule has 3 fully saturated rings. The monoisotopic (exact) mass is 382 g/mol. The predicted octanol–water partition coefficient (Wildman–Crippen LogP) is 3.22. The first kappa shape index (κ1) is 16.3. The summed E-state index contributed by atoms with van der Waals surface area (Å²) < 4.78 is 0.